The summed E-state index contributed by atoms with van der Waals surface area (Å²) in [6.45, 7) is 10.1. The van der Waals surface area contributed by atoms with Crippen molar-refractivity contribution in [1.29, 1.82) is 0 Å². The summed E-state index contributed by atoms with van der Waals surface area (Å²) in [4.78, 5) is 0. The van der Waals surface area contributed by atoms with Crippen molar-refractivity contribution in [3.05, 3.63) is 34.0 Å². The third-order valence-corrected chi connectivity index (χ3v) is 10.1. The molecule has 1 saturated heterocycles. The van der Waals surface area contributed by atoms with Gasteiger partial charge in [0.1, 0.15) is 6.23 Å². The average molecular weight is 483 g/mol. The van der Waals surface area contributed by atoms with E-state index in [0.717, 1.165) is 37.3 Å². The van der Waals surface area contributed by atoms with Crippen LogP contribution >= 0.6 is 23.4 Å². The van der Waals surface area contributed by atoms with Crippen LogP contribution < -0.4 is 10.6 Å². The van der Waals surface area contributed by atoms with Crippen LogP contribution in [0, 0.1) is 29.6 Å². The molecule has 0 aromatic rings. The minimum absolute atomic E-state index is 0.164. The number of thioether (sulfide) groups is 1. The first-order valence-corrected chi connectivity index (χ1v) is 13.8. The molecule has 1 fully saturated rings. The predicted octanol–water partition coefficient (Wildman–Crippen LogP) is 5.03. The van der Waals surface area contributed by atoms with Gasteiger partial charge in [-0.25, -0.2) is 0 Å². The summed E-state index contributed by atoms with van der Waals surface area (Å²) >= 11 is 8.47. The molecule has 182 valence electrons. The summed E-state index contributed by atoms with van der Waals surface area (Å²) in [6, 6.07) is 0. The largest absolute Gasteiger partial charge is 0.396 e. The van der Waals surface area contributed by atoms with Gasteiger partial charge in [-0.05, 0) is 86.9 Å². The number of halogens is 1. The molecule has 32 heavy (non-hydrogen) atoms. The number of fused-ring (bicyclic) bond motifs is 1. The number of nitrogens with one attached hydrogen (secondary N) is 2. The molecule has 0 bridgehead atoms. The molecule has 6 unspecified atom stereocenters. The maximum absolute atomic E-state index is 10.8. The van der Waals surface area contributed by atoms with E-state index in [0.29, 0.717) is 34.7 Å². The summed E-state index contributed by atoms with van der Waals surface area (Å²) < 4.78 is 0. The fourth-order valence-corrected chi connectivity index (χ4v) is 8.45. The zero-order valence-electron chi connectivity index (χ0n) is 20.4. The van der Waals surface area contributed by atoms with Gasteiger partial charge in [-0.2, -0.15) is 0 Å². The zero-order chi connectivity index (χ0) is 23.4. The molecule has 0 radical (unpaired) electrons. The molecular weight excluding hydrogens is 440 g/mol. The second-order valence-electron chi connectivity index (χ2n) is 9.87. The molecule has 0 saturated carbocycles. The highest BCUT2D eigenvalue weighted by atomic mass is 35.5. The SMILES string of the molecule is CCN[C@H](O)CC1C(C)=C(C2CC=C(Cl)CC2)C2C(SC(C)C2C)/C(=C/NC)[C@H]1CCO. The Balaban J connectivity index is 2.15. The monoisotopic (exact) mass is 482 g/mol. The first-order valence-electron chi connectivity index (χ1n) is 12.4. The van der Waals surface area contributed by atoms with Crippen LogP contribution in [0.5, 0.6) is 0 Å². The summed E-state index contributed by atoms with van der Waals surface area (Å²) in [5, 5.41) is 29.4. The lowest BCUT2D eigenvalue weighted by atomic mass is 9.71. The molecule has 1 aliphatic heterocycles. The molecule has 4 nitrogen and oxygen atoms in total. The van der Waals surface area contributed by atoms with Crippen molar-refractivity contribution in [2.45, 2.75) is 76.5 Å². The van der Waals surface area contributed by atoms with E-state index in [4.69, 9.17) is 11.6 Å². The molecule has 0 spiro atoms. The molecular formula is C26H43ClN2O2S. The van der Waals surface area contributed by atoms with Crippen LogP contribution in [0.25, 0.3) is 0 Å². The van der Waals surface area contributed by atoms with Crippen LogP contribution in [0.2, 0.25) is 0 Å². The van der Waals surface area contributed by atoms with E-state index in [1.165, 1.54) is 11.1 Å². The van der Waals surface area contributed by atoms with Gasteiger partial charge in [0.2, 0.25) is 0 Å². The Labute approximate surface area is 204 Å². The molecule has 0 amide bonds. The molecule has 1 heterocycles. The van der Waals surface area contributed by atoms with E-state index in [9.17, 15) is 10.2 Å². The molecule has 3 aliphatic rings. The molecule has 0 aromatic carbocycles. The molecule has 2 aliphatic carbocycles. The topological polar surface area (TPSA) is 64.5 Å². The first-order chi connectivity index (χ1) is 15.3. The van der Waals surface area contributed by atoms with Crippen molar-refractivity contribution < 1.29 is 10.2 Å². The Kier molecular flexibility index (Phi) is 9.64. The van der Waals surface area contributed by atoms with Crippen LogP contribution in [-0.2, 0) is 0 Å². The number of allylic oxidation sites excluding steroid dienone is 4. The van der Waals surface area contributed by atoms with Gasteiger partial charge in [-0.3, -0.25) is 5.32 Å². The van der Waals surface area contributed by atoms with E-state index >= 15 is 0 Å². The van der Waals surface area contributed by atoms with Crippen LogP contribution in [0.1, 0.15) is 59.8 Å². The predicted molar refractivity (Wildman–Crippen MR) is 138 cm³/mol. The van der Waals surface area contributed by atoms with Gasteiger partial charge in [0.05, 0.1) is 0 Å². The van der Waals surface area contributed by atoms with Gasteiger partial charge in [-0.1, -0.05) is 49.6 Å². The standard InChI is InChI=1S/C26H43ClN2O2S/c1-6-29-23(31)13-21-16(3)24(18-7-9-19(27)10-8-18)25-15(2)17(4)32-26(25)22(14-28-5)20(21)11-12-30/h9,14-15,17-18,20-21,23,25-26,28-31H,6-8,10-13H2,1-5H3/b22-14+/t15?,17?,18?,20-,21?,23+,25?,26?/m0/s1. The average Bonchev–Trinajstić information content (AvgIpc) is 3.00. The van der Waals surface area contributed by atoms with Crippen molar-refractivity contribution in [3.63, 3.8) is 0 Å². The number of hydrogen-bond acceptors (Lipinski definition) is 5. The summed E-state index contributed by atoms with van der Waals surface area (Å²) in [5.41, 5.74) is 4.49. The number of rotatable bonds is 8. The van der Waals surface area contributed by atoms with E-state index in [1.54, 1.807) is 5.57 Å². The third-order valence-electron chi connectivity index (χ3n) is 8.07. The molecule has 6 heteroatoms. The molecule has 8 atom stereocenters. The lowest BCUT2D eigenvalue weighted by Crippen LogP contribution is -2.34. The van der Waals surface area contributed by atoms with Gasteiger partial charge in [0.15, 0.2) is 0 Å². The first kappa shape index (κ1) is 26.2. The van der Waals surface area contributed by atoms with Crippen molar-refractivity contribution in [1.82, 2.24) is 10.6 Å². The minimum Gasteiger partial charge on any atom is -0.396 e. The quantitative estimate of drug-likeness (QED) is 0.288. The van der Waals surface area contributed by atoms with Crippen molar-refractivity contribution in [3.8, 4) is 0 Å². The van der Waals surface area contributed by atoms with Gasteiger partial charge < -0.3 is 15.5 Å². The Morgan fingerprint density at radius 1 is 1.31 bits per heavy atom. The van der Waals surface area contributed by atoms with E-state index in [2.05, 4.69) is 55.4 Å². The van der Waals surface area contributed by atoms with Gasteiger partial charge >= 0.3 is 0 Å². The van der Waals surface area contributed by atoms with Gasteiger partial charge in [0, 0.05) is 29.2 Å². The highest BCUT2D eigenvalue weighted by molar-refractivity contribution is 8.01. The summed E-state index contributed by atoms with van der Waals surface area (Å²) in [7, 11) is 1.98. The van der Waals surface area contributed by atoms with Crippen LogP contribution in [0.4, 0.5) is 0 Å². The zero-order valence-corrected chi connectivity index (χ0v) is 22.0. The van der Waals surface area contributed by atoms with Crippen molar-refractivity contribution >= 4 is 23.4 Å². The normalized spacial score (nSPS) is 37.8. The summed E-state index contributed by atoms with van der Waals surface area (Å²) in [6.07, 6.45) is 8.37. The molecule has 3 rings (SSSR count). The highest BCUT2D eigenvalue weighted by Gasteiger charge is 2.50. The fraction of sp³-hybridized carbons (Fsp3) is 0.769. The second-order valence-corrected chi connectivity index (χ2v) is 11.9. The van der Waals surface area contributed by atoms with Crippen LogP contribution in [-0.4, -0.2) is 47.1 Å². The lowest BCUT2D eigenvalue weighted by molar-refractivity contribution is 0.103. The number of hydrogen-bond donors (Lipinski definition) is 4. The van der Waals surface area contributed by atoms with Crippen molar-refractivity contribution in [2.24, 2.45) is 29.6 Å². The van der Waals surface area contributed by atoms with E-state index in [-0.39, 0.29) is 18.4 Å². The highest BCUT2D eigenvalue weighted by Crippen LogP contribution is 2.58. The molecule has 4 N–H and O–H groups in total. The summed E-state index contributed by atoms with van der Waals surface area (Å²) in [5.74, 6) is 2.02. The van der Waals surface area contributed by atoms with Crippen molar-refractivity contribution in [2.75, 3.05) is 20.2 Å². The maximum atomic E-state index is 10.8. The minimum atomic E-state index is -0.541. The van der Waals surface area contributed by atoms with Crippen LogP contribution in [0.3, 0.4) is 0 Å². The molecule has 0 aromatic heterocycles. The third kappa shape index (κ3) is 5.43. The Morgan fingerprint density at radius 2 is 2.06 bits per heavy atom. The number of aliphatic hydroxyl groups excluding tert-OH is 2. The van der Waals surface area contributed by atoms with Crippen LogP contribution in [0.15, 0.2) is 34.0 Å². The van der Waals surface area contributed by atoms with E-state index in [1.807, 2.05) is 14.0 Å². The van der Waals surface area contributed by atoms with E-state index < -0.39 is 6.23 Å². The fourth-order valence-electron chi connectivity index (χ4n) is 6.40. The number of aliphatic hydroxyl groups is 2. The lowest BCUT2D eigenvalue weighted by Gasteiger charge is -2.34. The Hall–Kier alpha value is -0.460. The Bertz CT molecular complexity index is 737. The van der Waals surface area contributed by atoms with Gasteiger partial charge in [-0.15, -0.1) is 11.8 Å². The Morgan fingerprint density at radius 3 is 2.66 bits per heavy atom. The maximum Gasteiger partial charge on any atom is 0.105 e. The second kappa shape index (κ2) is 11.8. The van der Waals surface area contributed by atoms with Gasteiger partial charge in [0.25, 0.3) is 0 Å². The smallest absolute Gasteiger partial charge is 0.105 e.